The predicted molar refractivity (Wildman–Crippen MR) is 136 cm³/mol. The standard InChI is InChI=1S/C23H31N7OS2/c1-14-3-5-15(6-4-14)24-21-20-17(9-12-32-20)26-23(28-21)27-19-13-18(29-33-19)22(31)25-16-7-10-30(2)11-8-16/h9,12-16H,3-8,10-11H2,1-2H3,(H,25,31)(H2,24,26,27,28). The van der Waals surface area contributed by atoms with Crippen molar-refractivity contribution in [1.82, 2.24) is 24.6 Å². The Morgan fingerprint density at radius 3 is 2.67 bits per heavy atom. The Kier molecular flexibility index (Phi) is 6.75. The second-order valence-electron chi connectivity index (χ2n) is 9.38. The number of fused-ring (bicyclic) bond motifs is 1. The summed E-state index contributed by atoms with van der Waals surface area (Å²) < 4.78 is 5.44. The molecule has 4 heterocycles. The van der Waals surface area contributed by atoms with E-state index in [1.807, 2.05) is 6.07 Å². The fourth-order valence-electron chi connectivity index (χ4n) is 4.58. The molecule has 3 aromatic rings. The van der Waals surface area contributed by atoms with Crippen molar-refractivity contribution in [2.45, 2.75) is 57.5 Å². The lowest BCUT2D eigenvalue weighted by molar-refractivity contribution is 0.0913. The Morgan fingerprint density at radius 2 is 1.88 bits per heavy atom. The zero-order valence-corrected chi connectivity index (χ0v) is 20.8. The van der Waals surface area contributed by atoms with Crippen LogP contribution in [0.1, 0.15) is 55.9 Å². The maximum Gasteiger partial charge on any atom is 0.271 e. The SMILES string of the molecule is CC1CCC(Nc2nc(Nc3cc(C(=O)NC4CCN(C)CC4)ns3)nc3ccsc23)CC1. The van der Waals surface area contributed by atoms with Gasteiger partial charge in [0.1, 0.15) is 16.5 Å². The smallest absolute Gasteiger partial charge is 0.271 e. The van der Waals surface area contributed by atoms with Gasteiger partial charge in [-0.1, -0.05) is 6.92 Å². The van der Waals surface area contributed by atoms with Crippen LogP contribution in [0, 0.1) is 5.92 Å². The first-order valence-electron chi connectivity index (χ1n) is 11.8. The van der Waals surface area contributed by atoms with Crippen molar-refractivity contribution in [3.8, 4) is 0 Å². The van der Waals surface area contributed by atoms with E-state index in [1.165, 1.54) is 37.2 Å². The highest BCUT2D eigenvalue weighted by molar-refractivity contribution is 7.17. The highest BCUT2D eigenvalue weighted by atomic mass is 32.1. The molecule has 1 amide bonds. The van der Waals surface area contributed by atoms with E-state index in [9.17, 15) is 4.79 Å². The summed E-state index contributed by atoms with van der Waals surface area (Å²) in [4.78, 5) is 24.4. The number of anilines is 3. The van der Waals surface area contributed by atoms with Crippen LogP contribution in [0.3, 0.4) is 0 Å². The number of nitrogens with zero attached hydrogens (tertiary/aromatic N) is 4. The lowest BCUT2D eigenvalue weighted by atomic mass is 9.87. The second kappa shape index (κ2) is 9.90. The number of hydrogen-bond donors (Lipinski definition) is 3. The predicted octanol–water partition coefficient (Wildman–Crippen LogP) is 4.71. The van der Waals surface area contributed by atoms with Crippen LogP contribution in [0.5, 0.6) is 0 Å². The van der Waals surface area contributed by atoms with Gasteiger partial charge in [-0.2, -0.15) is 9.36 Å². The van der Waals surface area contributed by atoms with Crippen molar-refractivity contribution in [2.75, 3.05) is 30.8 Å². The summed E-state index contributed by atoms with van der Waals surface area (Å²) in [6.45, 7) is 4.35. The van der Waals surface area contributed by atoms with Crippen LogP contribution in [0.15, 0.2) is 17.5 Å². The largest absolute Gasteiger partial charge is 0.366 e. The molecule has 0 radical (unpaired) electrons. The van der Waals surface area contributed by atoms with Crippen molar-refractivity contribution in [2.24, 2.45) is 5.92 Å². The van der Waals surface area contributed by atoms with E-state index in [1.54, 1.807) is 17.4 Å². The van der Waals surface area contributed by atoms with E-state index in [4.69, 9.17) is 4.98 Å². The number of hydrogen-bond acceptors (Lipinski definition) is 9. The van der Waals surface area contributed by atoms with Crippen LogP contribution in [0.4, 0.5) is 16.8 Å². The summed E-state index contributed by atoms with van der Waals surface area (Å²) in [5.41, 5.74) is 1.36. The molecule has 3 aromatic heterocycles. The van der Waals surface area contributed by atoms with E-state index >= 15 is 0 Å². The molecule has 2 aliphatic rings. The summed E-state index contributed by atoms with van der Waals surface area (Å²) in [5, 5.41) is 12.9. The van der Waals surface area contributed by atoms with Crippen molar-refractivity contribution >= 4 is 55.8 Å². The minimum Gasteiger partial charge on any atom is -0.366 e. The zero-order chi connectivity index (χ0) is 22.8. The van der Waals surface area contributed by atoms with Crippen LogP contribution in [0.25, 0.3) is 10.2 Å². The summed E-state index contributed by atoms with van der Waals surface area (Å²) in [6.07, 6.45) is 6.80. The Labute approximate surface area is 202 Å². The van der Waals surface area contributed by atoms with Gasteiger partial charge in [0.25, 0.3) is 5.91 Å². The monoisotopic (exact) mass is 485 g/mol. The molecule has 0 spiro atoms. The molecular formula is C23H31N7OS2. The highest BCUT2D eigenvalue weighted by Gasteiger charge is 2.22. The van der Waals surface area contributed by atoms with Crippen LogP contribution in [0.2, 0.25) is 0 Å². The molecule has 0 unspecified atom stereocenters. The third-order valence-corrected chi connectivity index (χ3v) is 8.31. The average molecular weight is 486 g/mol. The number of carbonyl (C=O) groups excluding carboxylic acids is 1. The first kappa shape index (κ1) is 22.5. The minimum atomic E-state index is -0.114. The number of thiophene rings is 1. The molecule has 1 saturated heterocycles. The van der Waals surface area contributed by atoms with E-state index in [0.29, 0.717) is 17.7 Å². The molecule has 1 aliphatic heterocycles. The molecule has 10 heteroatoms. The van der Waals surface area contributed by atoms with Gasteiger partial charge in [-0.25, -0.2) is 4.98 Å². The van der Waals surface area contributed by atoms with Gasteiger partial charge in [0.05, 0.1) is 10.2 Å². The van der Waals surface area contributed by atoms with Crippen molar-refractivity contribution in [3.05, 3.63) is 23.2 Å². The van der Waals surface area contributed by atoms with Gasteiger partial charge in [-0.15, -0.1) is 11.3 Å². The third-order valence-electron chi connectivity index (χ3n) is 6.69. The second-order valence-corrected chi connectivity index (χ2v) is 11.1. The Bertz CT molecular complexity index is 1100. The van der Waals surface area contributed by atoms with Crippen LogP contribution in [-0.4, -0.2) is 57.4 Å². The topological polar surface area (TPSA) is 95.1 Å². The highest BCUT2D eigenvalue weighted by Crippen LogP contribution is 2.32. The molecule has 0 atom stereocenters. The average Bonchev–Trinajstić information content (AvgIpc) is 3.47. The van der Waals surface area contributed by atoms with E-state index in [2.05, 4.69) is 49.6 Å². The lowest BCUT2D eigenvalue weighted by Crippen LogP contribution is -2.43. The normalized spacial score (nSPS) is 22.4. The number of likely N-dealkylation sites (tertiary alicyclic amines) is 1. The molecule has 176 valence electrons. The third kappa shape index (κ3) is 5.44. The first-order valence-corrected chi connectivity index (χ1v) is 13.4. The Balaban J connectivity index is 1.26. The van der Waals surface area contributed by atoms with Gasteiger partial charge in [0.15, 0.2) is 0 Å². The van der Waals surface area contributed by atoms with Gasteiger partial charge in [0.2, 0.25) is 5.95 Å². The van der Waals surface area contributed by atoms with Crippen molar-refractivity contribution < 1.29 is 4.79 Å². The molecule has 8 nitrogen and oxygen atoms in total. The summed E-state index contributed by atoms with van der Waals surface area (Å²) in [5.74, 6) is 2.11. The van der Waals surface area contributed by atoms with Crippen molar-refractivity contribution in [1.29, 1.82) is 0 Å². The molecule has 2 fully saturated rings. The maximum atomic E-state index is 12.7. The Morgan fingerprint density at radius 1 is 1.09 bits per heavy atom. The van der Waals surface area contributed by atoms with Crippen LogP contribution < -0.4 is 16.0 Å². The molecule has 0 bridgehead atoms. The van der Waals surface area contributed by atoms with Gasteiger partial charge < -0.3 is 20.9 Å². The van der Waals surface area contributed by atoms with Crippen LogP contribution >= 0.6 is 22.9 Å². The fraction of sp³-hybridized carbons (Fsp3) is 0.565. The van der Waals surface area contributed by atoms with Gasteiger partial charge in [0, 0.05) is 18.2 Å². The first-order chi connectivity index (χ1) is 16.0. The number of nitrogens with one attached hydrogen (secondary N) is 3. The van der Waals surface area contributed by atoms with E-state index in [0.717, 1.165) is 52.9 Å². The van der Waals surface area contributed by atoms with E-state index in [-0.39, 0.29) is 11.9 Å². The van der Waals surface area contributed by atoms with E-state index < -0.39 is 0 Å². The van der Waals surface area contributed by atoms with Crippen molar-refractivity contribution in [3.63, 3.8) is 0 Å². The molecule has 33 heavy (non-hydrogen) atoms. The number of aromatic nitrogens is 3. The molecule has 3 N–H and O–H groups in total. The molecule has 5 rings (SSSR count). The summed E-state index contributed by atoms with van der Waals surface area (Å²) in [6, 6.07) is 4.47. The number of piperidine rings is 1. The number of carbonyl (C=O) groups is 1. The molecule has 1 aliphatic carbocycles. The number of amides is 1. The molecular weight excluding hydrogens is 454 g/mol. The van der Waals surface area contributed by atoms with Gasteiger partial charge >= 0.3 is 0 Å². The number of rotatable bonds is 6. The van der Waals surface area contributed by atoms with Crippen LogP contribution in [-0.2, 0) is 0 Å². The lowest BCUT2D eigenvalue weighted by Gasteiger charge is -2.29. The maximum absolute atomic E-state index is 12.7. The van der Waals surface area contributed by atoms with Gasteiger partial charge in [-0.05, 0) is 87.6 Å². The molecule has 1 saturated carbocycles. The minimum absolute atomic E-state index is 0.114. The zero-order valence-electron chi connectivity index (χ0n) is 19.1. The fourth-order valence-corrected chi connectivity index (χ4v) is 6.00. The quantitative estimate of drug-likeness (QED) is 0.465. The summed E-state index contributed by atoms with van der Waals surface area (Å²) in [7, 11) is 2.11. The molecule has 0 aromatic carbocycles. The Hall–Kier alpha value is -2.30. The summed E-state index contributed by atoms with van der Waals surface area (Å²) >= 11 is 2.92. The van der Waals surface area contributed by atoms with Gasteiger partial charge in [-0.3, -0.25) is 4.79 Å².